The fourth-order valence-electron chi connectivity index (χ4n) is 16.1. The third-order valence-corrected chi connectivity index (χ3v) is 23.1. The number of hydrogen-bond acceptors (Lipinski definition) is 6. The van der Waals surface area contributed by atoms with Gasteiger partial charge in [-0.3, -0.25) is 0 Å². The molecular formula is C102H80Br2Cl3N9O3. The van der Waals surface area contributed by atoms with Crippen molar-refractivity contribution < 1.29 is 0 Å². The van der Waals surface area contributed by atoms with Crippen LogP contribution in [0.3, 0.4) is 0 Å². The summed E-state index contributed by atoms with van der Waals surface area (Å²) in [4.78, 5) is 59.0. The van der Waals surface area contributed by atoms with E-state index >= 15 is 0 Å². The molecule has 0 saturated heterocycles. The highest BCUT2D eigenvalue weighted by Gasteiger charge is 2.42. The van der Waals surface area contributed by atoms with Gasteiger partial charge in [-0.15, -0.1) is 0 Å². The molecule has 119 heavy (non-hydrogen) atoms. The van der Waals surface area contributed by atoms with Crippen molar-refractivity contribution in [2.45, 2.75) is 116 Å². The van der Waals surface area contributed by atoms with Crippen molar-refractivity contribution in [1.29, 1.82) is 0 Å². The molecule has 0 bridgehead atoms. The maximum atomic E-state index is 12.2. The average molecular weight is 1750 g/mol. The van der Waals surface area contributed by atoms with E-state index in [-0.39, 0.29) is 57.1 Å². The molecule has 0 fully saturated rings. The summed E-state index contributed by atoms with van der Waals surface area (Å²) < 4.78 is 2.34. The summed E-state index contributed by atoms with van der Waals surface area (Å²) in [6, 6.07) is 37.6. The number of aromatic nitrogens is 6. The predicted octanol–water partition coefficient (Wildman–Crippen LogP) is 21.3. The minimum atomic E-state index is -0.204. The molecule has 7 N–H and O–H groups in total. The molecule has 0 radical (unpaired) electrons. The quantitative estimate of drug-likeness (QED) is 0.0809. The van der Waals surface area contributed by atoms with Crippen molar-refractivity contribution in [3.05, 3.63) is 424 Å². The SMILES string of the molecule is C.C.C.C=C=C=C=C=C=C=C=C=C=C=C=C=C=C=C.C=C=C=C=C=C=C=C=C=C=C=C=C=C=C=C=C=C.CN1CCc2cc(Cl)c3[nH]c(=O)[nH]c3c2[C@H]2c3cccc(-c4ccccc4)c3CC[C@@H]21.CN1CCc2cc(Cl)c3[nH]c(=O)[nH]c3c2[C@H]2c3cccc(Br)c3CC[C@@H]21.O=c1[nH]c2c(Cl)cc3c(c2[nH]1)[C@H]1c2cccc(Br)c2CC[C@@H]1NCC3. The van der Waals surface area contributed by atoms with Gasteiger partial charge in [0, 0.05) is 57.9 Å². The first-order valence-corrected chi connectivity index (χ1v) is 39.6. The number of H-pyrrole nitrogens is 6. The largest absolute Gasteiger partial charge is 0.323 e. The number of halogens is 5. The number of fused-ring (bicyclic) bond motifs is 21. The fourth-order valence-corrected chi connectivity index (χ4v) is 18.1. The fraction of sp³-hybridized carbons (Fsp3) is 0.225. The highest BCUT2D eigenvalue weighted by atomic mass is 79.9. The minimum absolute atomic E-state index is 0. The molecule has 586 valence electrons. The van der Waals surface area contributed by atoms with Crippen molar-refractivity contribution in [2.24, 2.45) is 0 Å². The molecule has 16 rings (SSSR count). The Balaban J connectivity index is 0.000000172. The van der Waals surface area contributed by atoms with Crippen LogP contribution >= 0.6 is 66.7 Å². The van der Waals surface area contributed by atoms with Gasteiger partial charge in [-0.05, 0) is 362 Å². The molecule has 6 heterocycles. The van der Waals surface area contributed by atoms with Crippen LogP contribution in [0.2, 0.25) is 15.1 Å². The Bertz CT molecular complexity index is 7000. The Labute approximate surface area is 723 Å². The number of hydrogen-bond donors (Lipinski definition) is 7. The molecule has 12 nitrogen and oxygen atoms in total. The lowest BCUT2D eigenvalue weighted by Crippen LogP contribution is -2.39. The third kappa shape index (κ3) is 21.4. The van der Waals surface area contributed by atoms with Crippen LogP contribution in [0.4, 0.5) is 0 Å². The number of rotatable bonds is 1. The van der Waals surface area contributed by atoms with Crippen molar-refractivity contribution in [3.63, 3.8) is 0 Å². The van der Waals surface area contributed by atoms with Crippen molar-refractivity contribution in [1.82, 2.24) is 45.0 Å². The van der Waals surface area contributed by atoms with Gasteiger partial charge < -0.3 is 45.0 Å². The summed E-state index contributed by atoms with van der Waals surface area (Å²) in [5.74, 6) is 0.635. The second kappa shape index (κ2) is 43.8. The topological polar surface area (TPSA) is 164 Å². The lowest BCUT2D eigenvalue weighted by Gasteiger charge is -2.39. The van der Waals surface area contributed by atoms with Crippen LogP contribution in [0.5, 0.6) is 0 Å². The first kappa shape index (κ1) is 89.9. The zero-order valence-electron chi connectivity index (χ0n) is 63.1. The standard InChI is InChI=1S/C26H24ClN3O.C20H19BrClN3O.C19H17BrClN3O.C18H4.C16H4.3CH4/c1-30-13-12-16-14-20(27)24-25(29-26(31)28-24)22(16)23-19-9-5-8-17(15-6-3-2-4-7-15)18(19)10-11-21(23)30;1-25-8-7-10-9-14(22)18-19(24-20(26)23-18)16(10)17-12-3-2-4-13(21)11(12)5-6-15(17)25;20-12-3-1-2-11-10(12)4-5-14-16(11)15-9(6-7-22-14)8-13(21)17-18(15)24-19(25)23-17;1-3-5-7-9-11-13-15-17-18-16-14-12-10-8-6-4-2;1-3-5-7-9-11-13-15-16-14-12-10-8-6-4-2;;;/h2-9,14,21,23H,10-13H2,1H3,(H2,28,29,31);2-4,9,15,17H,5-8H2,1H3,(H2,23,24,26);1-3,8,14,16,22H,4-7H2,(H2,23,24,25);1-2H2;1-2H2;3*1H4/t21-,23-;15-,17-;14-,16-;;;;;/m000...../s1. The maximum absolute atomic E-state index is 12.2. The van der Waals surface area contributed by atoms with Gasteiger partial charge in [0.1, 0.15) is 0 Å². The lowest BCUT2D eigenvalue weighted by molar-refractivity contribution is 0.214. The van der Waals surface area contributed by atoms with Crippen LogP contribution in [-0.4, -0.2) is 91.6 Å². The summed E-state index contributed by atoms with van der Waals surface area (Å²) in [6.45, 7) is 16.1. The third-order valence-electron chi connectivity index (χ3n) is 20.7. The molecule has 10 aromatic rings. The Morgan fingerprint density at radius 2 is 0.672 bits per heavy atom. The molecule has 0 saturated carbocycles. The number of likely N-dealkylation sites (N-methyl/N-ethyl adjacent to an activating group) is 2. The Hall–Kier alpha value is -13.1. The average Bonchev–Trinajstić information content (AvgIpc) is 1.67. The van der Waals surface area contributed by atoms with Gasteiger partial charge in [0.25, 0.3) is 0 Å². The Morgan fingerprint density at radius 1 is 0.361 bits per heavy atom. The van der Waals surface area contributed by atoms with Crippen molar-refractivity contribution in [2.75, 3.05) is 33.7 Å². The zero-order chi connectivity index (χ0) is 81.5. The first-order chi connectivity index (χ1) is 56.6. The van der Waals surface area contributed by atoms with E-state index in [0.29, 0.717) is 38.7 Å². The van der Waals surface area contributed by atoms with E-state index in [4.69, 9.17) is 34.8 Å². The van der Waals surface area contributed by atoms with E-state index in [1.807, 2.05) is 12.1 Å². The Kier molecular flexibility index (Phi) is 33.1. The van der Waals surface area contributed by atoms with Crippen LogP contribution in [0, 0.1) is 0 Å². The predicted molar refractivity (Wildman–Crippen MR) is 486 cm³/mol. The van der Waals surface area contributed by atoms with Crippen LogP contribution in [0.1, 0.15) is 126 Å². The summed E-state index contributed by atoms with van der Waals surface area (Å²) in [5.41, 5.74) is 96.2. The van der Waals surface area contributed by atoms with Gasteiger partial charge >= 0.3 is 17.1 Å². The Morgan fingerprint density at radius 3 is 1.05 bits per heavy atom. The molecule has 3 aliphatic carbocycles. The van der Waals surface area contributed by atoms with E-state index in [2.05, 4.69) is 380 Å². The first-order valence-electron chi connectivity index (χ1n) is 36.9. The molecule has 6 atom stereocenters. The summed E-state index contributed by atoms with van der Waals surface area (Å²) >= 11 is 27.0. The van der Waals surface area contributed by atoms with E-state index in [0.717, 1.165) is 105 Å². The molecule has 0 unspecified atom stereocenters. The molecule has 3 aromatic heterocycles. The van der Waals surface area contributed by atoms with Crippen LogP contribution < -0.4 is 22.4 Å². The van der Waals surface area contributed by atoms with Gasteiger partial charge in [0.15, 0.2) is 0 Å². The zero-order valence-corrected chi connectivity index (χ0v) is 68.5. The van der Waals surface area contributed by atoms with Crippen LogP contribution in [0.15, 0.2) is 325 Å². The normalized spacial score (nSPS) is 16.1. The highest BCUT2D eigenvalue weighted by molar-refractivity contribution is 9.10. The van der Waals surface area contributed by atoms with Gasteiger partial charge in [0.05, 0.1) is 48.2 Å². The number of aromatic amines is 6. The van der Waals surface area contributed by atoms with Crippen LogP contribution in [-0.2, 0) is 38.5 Å². The second-order valence-corrected chi connectivity index (χ2v) is 30.0. The number of benzene rings is 7. The van der Waals surface area contributed by atoms with Gasteiger partial charge in [-0.2, -0.15) is 0 Å². The van der Waals surface area contributed by atoms with E-state index < -0.39 is 0 Å². The molecule has 0 spiro atoms. The smallest absolute Gasteiger partial charge is 0.313 e. The van der Waals surface area contributed by atoms with Crippen molar-refractivity contribution in [3.8, 4) is 11.1 Å². The molecule has 3 aliphatic heterocycles. The second-order valence-electron chi connectivity index (χ2n) is 27.0. The van der Waals surface area contributed by atoms with Gasteiger partial charge in [-0.25, -0.2) is 14.4 Å². The number of nitrogens with zero attached hydrogens (tertiary/aromatic N) is 2. The van der Waals surface area contributed by atoms with E-state index in [9.17, 15) is 14.4 Å². The van der Waals surface area contributed by atoms with Gasteiger partial charge in [0.2, 0.25) is 0 Å². The van der Waals surface area contributed by atoms with Gasteiger partial charge in [-0.1, -0.05) is 185 Å². The van der Waals surface area contributed by atoms with E-state index in [1.54, 1.807) is 0 Å². The summed E-state index contributed by atoms with van der Waals surface area (Å²) in [6.07, 6.45) is 9.24. The van der Waals surface area contributed by atoms with Crippen molar-refractivity contribution >= 4 is 99.8 Å². The molecule has 6 aliphatic rings. The summed E-state index contributed by atoms with van der Waals surface area (Å²) in [5, 5.41) is 5.56. The number of nitrogens with one attached hydrogen (secondary N) is 7. The minimum Gasteiger partial charge on any atom is -0.313 e. The monoisotopic (exact) mass is 1740 g/mol. The molecule has 7 aromatic carbocycles. The van der Waals surface area contributed by atoms with E-state index in [1.165, 1.54) is 86.8 Å². The molecule has 0 amide bonds. The summed E-state index contributed by atoms with van der Waals surface area (Å²) in [7, 11) is 4.44. The molecular weight excluding hydrogens is 1670 g/mol. The lowest BCUT2D eigenvalue weighted by atomic mass is 9.72. The highest BCUT2D eigenvalue weighted by Crippen LogP contribution is 2.50. The molecule has 17 heteroatoms. The maximum Gasteiger partial charge on any atom is 0.323 e. The number of imidazole rings is 3. The van der Waals surface area contributed by atoms with Crippen LogP contribution in [0.25, 0.3) is 44.2 Å².